The number of halogens is 2. The smallest absolute Gasteiger partial charge is 0.351 e. The minimum atomic E-state index is -2.38. The van der Waals surface area contributed by atoms with E-state index in [1.807, 2.05) is 23.6 Å². The molecule has 1 aliphatic heterocycles. The number of methoxy groups -OCH3 is 1. The van der Waals surface area contributed by atoms with E-state index in [9.17, 15) is 49.8 Å². The van der Waals surface area contributed by atoms with Crippen molar-refractivity contribution in [3.8, 4) is 0 Å². The number of ketones is 1. The Morgan fingerprint density at radius 3 is 2.19 bits per heavy atom. The van der Waals surface area contributed by atoms with Crippen LogP contribution in [0.2, 0.25) is 0 Å². The Hall–Kier alpha value is -2.90. The van der Waals surface area contributed by atoms with Crippen molar-refractivity contribution in [3.63, 3.8) is 0 Å². The summed E-state index contributed by atoms with van der Waals surface area (Å²) in [5.41, 5.74) is -10.9. The Morgan fingerprint density at radius 1 is 0.941 bits per heavy atom. The van der Waals surface area contributed by atoms with Gasteiger partial charge >= 0.3 is 17.9 Å². The van der Waals surface area contributed by atoms with Crippen LogP contribution in [0.3, 0.4) is 0 Å². The number of cyclic esters (lactones) is 1. The van der Waals surface area contributed by atoms with Crippen LogP contribution in [0.4, 0.5) is 8.78 Å². The third-order valence-electron chi connectivity index (χ3n) is 17.7. The van der Waals surface area contributed by atoms with E-state index in [1.165, 1.54) is 47.0 Å². The zero-order valence-electron chi connectivity index (χ0n) is 42.4. The van der Waals surface area contributed by atoms with Crippen molar-refractivity contribution in [1.29, 1.82) is 0 Å². The van der Waals surface area contributed by atoms with E-state index in [0.29, 0.717) is 32.6 Å². The fourth-order valence-electron chi connectivity index (χ4n) is 13.6. The van der Waals surface area contributed by atoms with Crippen LogP contribution in [0.5, 0.6) is 0 Å². The van der Waals surface area contributed by atoms with Gasteiger partial charge in [-0.3, -0.25) is 19.3 Å². The minimum Gasteiger partial charge on any atom is -0.466 e. The van der Waals surface area contributed by atoms with E-state index in [2.05, 4.69) is 0 Å². The number of aliphatic hydroxyl groups is 6. The van der Waals surface area contributed by atoms with Crippen LogP contribution in [0.15, 0.2) is 23.8 Å². The molecule has 5 aliphatic rings. The molecule has 0 radical (unpaired) electrons. The molecule has 4 fully saturated rings. The predicted molar refractivity (Wildman–Crippen MR) is 248 cm³/mol. The summed E-state index contributed by atoms with van der Waals surface area (Å²) in [7, 11) is 1.18. The number of fused-ring (bicyclic) bond motifs is 5. The van der Waals surface area contributed by atoms with Gasteiger partial charge in [0.05, 0.1) is 43.4 Å². The van der Waals surface area contributed by atoms with Crippen molar-refractivity contribution in [1.82, 2.24) is 9.80 Å². The topological polar surface area (TPSA) is 224 Å². The summed E-state index contributed by atoms with van der Waals surface area (Å²) in [4.78, 5) is 57.7. The van der Waals surface area contributed by atoms with E-state index in [0.717, 1.165) is 6.08 Å². The molecule has 0 aromatic heterocycles. The van der Waals surface area contributed by atoms with Gasteiger partial charge < -0.3 is 49.7 Å². The molecule has 4 aliphatic carbocycles. The van der Waals surface area contributed by atoms with Crippen LogP contribution >= 0.6 is 0 Å². The summed E-state index contributed by atoms with van der Waals surface area (Å²) in [6, 6.07) is -0.699. The van der Waals surface area contributed by atoms with Gasteiger partial charge in [-0.25, -0.2) is 13.6 Å². The first-order valence-corrected chi connectivity index (χ1v) is 24.9. The Morgan fingerprint density at radius 2 is 1.59 bits per heavy atom. The quantitative estimate of drug-likeness (QED) is 0.127. The number of carbonyl (C=O) groups excluding carboxylic acids is 4. The largest absolute Gasteiger partial charge is 0.466 e. The van der Waals surface area contributed by atoms with Crippen LogP contribution in [0.25, 0.3) is 0 Å². The molecule has 2 unspecified atom stereocenters. The van der Waals surface area contributed by atoms with E-state index >= 15 is 8.78 Å². The number of esters is 3. The zero-order chi connectivity index (χ0) is 51.3. The van der Waals surface area contributed by atoms with E-state index in [-0.39, 0.29) is 56.6 Å². The first kappa shape index (κ1) is 56.0. The number of hydrogen-bond donors (Lipinski definition) is 6. The highest BCUT2D eigenvalue weighted by atomic mass is 19.1. The van der Waals surface area contributed by atoms with Crippen molar-refractivity contribution < 1.29 is 72.8 Å². The molecule has 15 nitrogen and oxygen atoms in total. The molecule has 1 saturated heterocycles. The fourth-order valence-corrected chi connectivity index (χ4v) is 13.6. The number of rotatable bonds is 11. The Bertz CT molecular complexity index is 1920. The Kier molecular flexibility index (Phi) is 17.0. The zero-order valence-corrected chi connectivity index (χ0v) is 42.4. The van der Waals surface area contributed by atoms with Gasteiger partial charge in [0.1, 0.15) is 24.0 Å². The fraction of sp³-hybridized carbons (Fsp3) is 0.843. The number of allylic oxidation sites excluding steroid dienone is 4. The van der Waals surface area contributed by atoms with Crippen molar-refractivity contribution in [2.45, 2.75) is 186 Å². The van der Waals surface area contributed by atoms with Gasteiger partial charge in [0.15, 0.2) is 11.5 Å². The number of carbonyl (C=O) groups is 4. The monoisotopic (exact) mass is 969 g/mol. The van der Waals surface area contributed by atoms with Crippen LogP contribution in [-0.2, 0) is 33.4 Å². The van der Waals surface area contributed by atoms with Gasteiger partial charge in [0.25, 0.3) is 0 Å². The van der Waals surface area contributed by atoms with Crippen molar-refractivity contribution >= 4 is 23.7 Å². The summed E-state index contributed by atoms with van der Waals surface area (Å²) < 4.78 is 51.3. The third kappa shape index (κ3) is 9.61. The molecular weight excluding hydrogens is 887 g/mol. The molecule has 19 atom stereocenters. The maximum absolute atomic E-state index is 17.9. The Labute approximate surface area is 401 Å². The lowest BCUT2D eigenvalue weighted by atomic mass is 9.44. The lowest BCUT2D eigenvalue weighted by Crippen LogP contribution is -2.71. The van der Waals surface area contributed by atoms with E-state index in [1.54, 1.807) is 34.6 Å². The summed E-state index contributed by atoms with van der Waals surface area (Å²) >= 11 is 0. The number of alkyl halides is 2. The lowest BCUT2D eigenvalue weighted by molar-refractivity contribution is -0.238. The minimum absolute atomic E-state index is 0.0153. The first-order chi connectivity index (χ1) is 31.5. The second-order valence-electron chi connectivity index (χ2n) is 22.2. The highest BCUT2D eigenvalue weighted by molar-refractivity contribution is 6.01. The maximum Gasteiger partial charge on any atom is 0.351 e. The predicted octanol–water partition coefficient (Wildman–Crippen LogP) is 4.02. The highest BCUT2D eigenvalue weighted by Gasteiger charge is 2.78. The third-order valence-corrected chi connectivity index (χ3v) is 17.7. The highest BCUT2D eigenvalue weighted by Crippen LogP contribution is 2.71. The van der Waals surface area contributed by atoms with Gasteiger partial charge in [-0.05, 0) is 122 Å². The standard InChI is InChI=1S/C51H82F2N2O13/c1-13-39-49(11,65)43(61)32(7)55(27-28(3)25-48(10,64)42(60)30(5)41(59)31(6)44(62)67-39)20-15-19-54(14-2)21-17-40(58)68-51(45(63)66-12)29(4)22-34-35-24-37(52)36-23-33(56)16-18-46(36,8)50(35,53)38(57)26-47(34,51)9/h16,18,23,28-32,34-35,37-39,41-43,57,59-61,64-65H,13-15,17,19-22,24-27H2,1-12H3/t28-,29-,30+,31-,32-,34?,35?,37+,38+,39-,41+,42-,43-,46+,47+,48-,49-,50+,51+/m1/s1. The average Bonchev–Trinajstić information content (AvgIpc) is 3.49. The van der Waals surface area contributed by atoms with E-state index in [4.69, 9.17) is 14.2 Å². The molecule has 388 valence electrons. The molecule has 1 heterocycles. The van der Waals surface area contributed by atoms with Gasteiger partial charge in [-0.1, -0.05) is 47.6 Å². The van der Waals surface area contributed by atoms with Crippen LogP contribution in [0.1, 0.15) is 121 Å². The number of aliphatic hydroxyl groups excluding tert-OH is 4. The molecule has 68 heavy (non-hydrogen) atoms. The summed E-state index contributed by atoms with van der Waals surface area (Å²) in [6.07, 6.45) is -4.85. The first-order valence-electron chi connectivity index (χ1n) is 24.9. The second kappa shape index (κ2) is 20.7. The van der Waals surface area contributed by atoms with Crippen LogP contribution in [0, 0.1) is 46.3 Å². The van der Waals surface area contributed by atoms with Gasteiger partial charge in [-0.2, -0.15) is 0 Å². The van der Waals surface area contributed by atoms with Crippen molar-refractivity contribution in [2.24, 2.45) is 46.3 Å². The van der Waals surface area contributed by atoms with Gasteiger partial charge in [0.2, 0.25) is 5.60 Å². The van der Waals surface area contributed by atoms with E-state index < -0.39 is 129 Å². The molecule has 0 aromatic carbocycles. The summed E-state index contributed by atoms with van der Waals surface area (Å²) in [6.45, 7) is 20.0. The number of hydrogen-bond acceptors (Lipinski definition) is 15. The lowest BCUT2D eigenvalue weighted by Gasteiger charge is -2.63. The van der Waals surface area contributed by atoms with Crippen LogP contribution in [-0.4, -0.2) is 169 Å². The molecule has 0 bridgehead atoms. The SMILES string of the molecule is CC[C@H]1OC(=O)[C@H](C)[C@@H](O)[C@H](C)[C@@H](O)[C@](C)(O)C[C@@H](C)CN(CCCN(CC)CCC(=O)O[C@]2(C(=O)OC)[C@H](C)CC3C4C[C@H](F)C5=CC(=O)C=C[C@]5(C)[C@@]4(F)[C@@H](O)C[C@@]32C)[C@H](C)[C@@H](O)[C@]1(C)O. The molecule has 6 N–H and O–H groups in total. The average molecular weight is 969 g/mol. The van der Waals surface area contributed by atoms with Crippen molar-refractivity contribution in [2.75, 3.05) is 39.8 Å². The van der Waals surface area contributed by atoms with Crippen LogP contribution < -0.4 is 0 Å². The molecule has 3 saturated carbocycles. The second-order valence-corrected chi connectivity index (χ2v) is 22.2. The van der Waals surface area contributed by atoms with Gasteiger partial charge in [0, 0.05) is 47.7 Å². The number of nitrogens with zero attached hydrogens (tertiary/aromatic N) is 2. The summed E-state index contributed by atoms with van der Waals surface area (Å²) in [5, 5.41) is 69.4. The maximum atomic E-state index is 17.9. The van der Waals surface area contributed by atoms with Crippen molar-refractivity contribution in [3.05, 3.63) is 23.8 Å². The molecule has 5 rings (SSSR count). The molecule has 0 aromatic rings. The molecule has 0 spiro atoms. The number of ether oxygens (including phenoxy) is 3. The molecule has 0 amide bonds. The summed E-state index contributed by atoms with van der Waals surface area (Å²) in [5.74, 6) is -7.60. The molecular formula is C51H82F2N2O13. The Balaban J connectivity index is 1.32. The molecule has 17 heteroatoms. The van der Waals surface area contributed by atoms with Gasteiger partial charge in [-0.15, -0.1) is 0 Å². The normalized spacial score (nSPS) is 46.1.